The van der Waals surface area contributed by atoms with E-state index in [0.717, 1.165) is 78.0 Å². The van der Waals surface area contributed by atoms with Gasteiger partial charge >= 0.3 is 0 Å². The Morgan fingerprint density at radius 2 is 1.81 bits per heavy atom. The van der Waals surface area contributed by atoms with Gasteiger partial charge in [-0.15, -0.1) is 0 Å². The summed E-state index contributed by atoms with van der Waals surface area (Å²) < 4.78 is 7.62. The second-order valence-corrected chi connectivity index (χ2v) is 10.2. The Balaban J connectivity index is 1.22. The minimum Gasteiger partial charge on any atom is -0.464 e. The third-order valence-electron chi connectivity index (χ3n) is 7.38. The van der Waals surface area contributed by atoms with Gasteiger partial charge in [0, 0.05) is 36.5 Å². The molecule has 2 fully saturated rings. The Kier molecular flexibility index (Phi) is 5.06. The van der Waals surface area contributed by atoms with E-state index in [1.165, 1.54) is 6.33 Å². The fourth-order valence-corrected chi connectivity index (χ4v) is 5.46. The molecule has 1 saturated heterocycles. The molecule has 7 rings (SSSR count). The fraction of sp³-hybridized carbons (Fsp3) is 0.286. The molecule has 4 heterocycles. The van der Waals surface area contributed by atoms with Crippen LogP contribution in [0.25, 0.3) is 44.6 Å². The first kappa shape index (κ1) is 21.6. The SMILES string of the molecule is O=C(C1CC1)N1CCC(Cn2c(-c3ccc(-c4ccc5occc5c4)cc3)nc3c(Cl)ncnc32)C1. The van der Waals surface area contributed by atoms with Crippen molar-refractivity contribution in [1.82, 2.24) is 24.4 Å². The minimum atomic E-state index is 0.257. The molecule has 5 aromatic rings. The van der Waals surface area contributed by atoms with Crippen LogP contribution < -0.4 is 0 Å². The monoisotopic (exact) mass is 497 g/mol. The van der Waals surface area contributed by atoms with E-state index in [2.05, 4.69) is 50.9 Å². The highest BCUT2D eigenvalue weighted by atomic mass is 35.5. The smallest absolute Gasteiger partial charge is 0.225 e. The Hall–Kier alpha value is -3.71. The van der Waals surface area contributed by atoms with E-state index in [4.69, 9.17) is 21.0 Å². The zero-order valence-corrected chi connectivity index (χ0v) is 20.4. The van der Waals surface area contributed by atoms with Crippen LogP contribution in [0.15, 0.2) is 65.5 Å². The number of benzene rings is 2. The summed E-state index contributed by atoms with van der Waals surface area (Å²) in [6.07, 6.45) is 6.25. The Labute approximate surface area is 212 Å². The summed E-state index contributed by atoms with van der Waals surface area (Å²) in [6.45, 7) is 2.34. The summed E-state index contributed by atoms with van der Waals surface area (Å²) in [5.41, 5.74) is 5.45. The lowest BCUT2D eigenvalue weighted by atomic mass is 10.0. The van der Waals surface area contributed by atoms with E-state index in [1.807, 2.05) is 17.0 Å². The molecule has 8 heteroatoms. The Morgan fingerprint density at radius 1 is 1.00 bits per heavy atom. The quantitative estimate of drug-likeness (QED) is 0.286. The second kappa shape index (κ2) is 8.45. The van der Waals surface area contributed by atoms with Crippen LogP contribution in [0.1, 0.15) is 19.3 Å². The number of furan rings is 1. The van der Waals surface area contributed by atoms with Crippen molar-refractivity contribution in [3.05, 3.63) is 66.3 Å². The van der Waals surface area contributed by atoms with Crippen LogP contribution in [-0.4, -0.2) is 43.4 Å². The molecule has 0 N–H and O–H groups in total. The molecule has 180 valence electrons. The largest absolute Gasteiger partial charge is 0.464 e. The highest BCUT2D eigenvalue weighted by molar-refractivity contribution is 6.33. The van der Waals surface area contributed by atoms with Gasteiger partial charge in [-0.25, -0.2) is 15.0 Å². The summed E-state index contributed by atoms with van der Waals surface area (Å²) in [4.78, 5) is 28.1. The number of aromatic nitrogens is 4. The van der Waals surface area contributed by atoms with Gasteiger partial charge in [-0.1, -0.05) is 41.9 Å². The van der Waals surface area contributed by atoms with Crippen LogP contribution in [0.5, 0.6) is 0 Å². The number of imidazole rings is 1. The van der Waals surface area contributed by atoms with Crippen molar-refractivity contribution < 1.29 is 9.21 Å². The minimum absolute atomic E-state index is 0.257. The standard InChI is InChI=1S/C28H24ClN5O2/c29-25-24-27(31-16-30-25)34(15-17-9-11-33(14-17)28(35)20-5-6-20)26(32-24)19-3-1-18(2-4-19)21-7-8-23-22(13-21)10-12-36-23/h1-4,7-8,10,12-13,16-17,20H,5-6,9,11,14-15H2. The van der Waals surface area contributed by atoms with E-state index in [-0.39, 0.29) is 5.92 Å². The first-order valence-corrected chi connectivity index (χ1v) is 12.8. The van der Waals surface area contributed by atoms with Crippen molar-refractivity contribution in [2.75, 3.05) is 13.1 Å². The second-order valence-electron chi connectivity index (χ2n) is 9.85. The number of carbonyl (C=O) groups is 1. The van der Waals surface area contributed by atoms with E-state index in [0.29, 0.717) is 22.5 Å². The molecule has 1 unspecified atom stereocenters. The lowest BCUT2D eigenvalue weighted by Gasteiger charge is -2.17. The van der Waals surface area contributed by atoms with Gasteiger partial charge < -0.3 is 13.9 Å². The van der Waals surface area contributed by atoms with Gasteiger partial charge in [0.1, 0.15) is 23.3 Å². The molecule has 2 aliphatic rings. The molecule has 3 aromatic heterocycles. The number of fused-ring (bicyclic) bond motifs is 2. The maximum Gasteiger partial charge on any atom is 0.225 e. The molecule has 0 spiro atoms. The van der Waals surface area contributed by atoms with E-state index in [1.54, 1.807) is 6.26 Å². The molecule has 1 amide bonds. The van der Waals surface area contributed by atoms with Gasteiger partial charge in [0.15, 0.2) is 10.8 Å². The average molecular weight is 498 g/mol. The lowest BCUT2D eigenvalue weighted by Crippen LogP contribution is -2.30. The van der Waals surface area contributed by atoms with Gasteiger partial charge in [0.05, 0.1) is 6.26 Å². The first-order valence-electron chi connectivity index (χ1n) is 12.4. The van der Waals surface area contributed by atoms with Gasteiger partial charge in [-0.2, -0.15) is 0 Å². The van der Waals surface area contributed by atoms with Crippen molar-refractivity contribution in [3.63, 3.8) is 0 Å². The molecule has 1 saturated carbocycles. The highest BCUT2D eigenvalue weighted by Gasteiger charge is 2.37. The predicted molar refractivity (Wildman–Crippen MR) is 138 cm³/mol. The molecule has 0 bridgehead atoms. The average Bonchev–Trinajstić information content (AvgIpc) is 3.30. The highest BCUT2D eigenvalue weighted by Crippen LogP contribution is 2.35. The Morgan fingerprint density at radius 3 is 2.64 bits per heavy atom. The van der Waals surface area contributed by atoms with Crippen LogP contribution >= 0.6 is 11.6 Å². The van der Waals surface area contributed by atoms with Crippen LogP contribution in [0.3, 0.4) is 0 Å². The normalized spacial score (nSPS) is 17.9. The first-order chi connectivity index (χ1) is 17.6. The van der Waals surface area contributed by atoms with Crippen molar-refractivity contribution >= 4 is 39.6 Å². The van der Waals surface area contributed by atoms with E-state index in [9.17, 15) is 4.79 Å². The number of hydrogen-bond acceptors (Lipinski definition) is 5. The Bertz CT molecular complexity index is 1600. The van der Waals surface area contributed by atoms with E-state index < -0.39 is 0 Å². The van der Waals surface area contributed by atoms with Crippen molar-refractivity contribution in [1.29, 1.82) is 0 Å². The van der Waals surface area contributed by atoms with Gasteiger partial charge in [0.2, 0.25) is 5.91 Å². The third kappa shape index (κ3) is 3.75. The van der Waals surface area contributed by atoms with Crippen LogP contribution in [0, 0.1) is 11.8 Å². The van der Waals surface area contributed by atoms with Gasteiger partial charge in [-0.05, 0) is 54.5 Å². The van der Waals surface area contributed by atoms with Crippen molar-refractivity contribution in [2.24, 2.45) is 11.8 Å². The number of likely N-dealkylation sites (tertiary alicyclic amines) is 1. The summed E-state index contributed by atoms with van der Waals surface area (Å²) >= 11 is 6.41. The number of nitrogens with zero attached hydrogens (tertiary/aromatic N) is 5. The maximum absolute atomic E-state index is 12.6. The predicted octanol–water partition coefficient (Wildman–Crippen LogP) is 5.82. The lowest BCUT2D eigenvalue weighted by molar-refractivity contribution is -0.131. The third-order valence-corrected chi connectivity index (χ3v) is 7.66. The van der Waals surface area contributed by atoms with E-state index >= 15 is 0 Å². The molecule has 1 atom stereocenters. The molecule has 0 radical (unpaired) electrons. The van der Waals surface area contributed by atoms with Crippen LogP contribution in [0.2, 0.25) is 5.15 Å². The molecule has 1 aliphatic heterocycles. The summed E-state index contributed by atoms with van der Waals surface area (Å²) in [7, 11) is 0. The van der Waals surface area contributed by atoms with Crippen LogP contribution in [-0.2, 0) is 11.3 Å². The number of rotatable bonds is 5. The summed E-state index contributed by atoms with van der Waals surface area (Å²) in [6, 6.07) is 16.6. The molecule has 36 heavy (non-hydrogen) atoms. The molecule has 2 aromatic carbocycles. The molecular formula is C28H24ClN5O2. The maximum atomic E-state index is 12.6. The zero-order valence-electron chi connectivity index (χ0n) is 19.6. The number of halogens is 1. The van der Waals surface area contributed by atoms with Crippen LogP contribution in [0.4, 0.5) is 0 Å². The number of hydrogen-bond donors (Lipinski definition) is 0. The molecular weight excluding hydrogens is 474 g/mol. The fourth-order valence-electron chi connectivity index (χ4n) is 5.29. The summed E-state index contributed by atoms with van der Waals surface area (Å²) in [5, 5.41) is 1.43. The topological polar surface area (TPSA) is 77.0 Å². The summed E-state index contributed by atoms with van der Waals surface area (Å²) in [5.74, 6) is 1.74. The van der Waals surface area contributed by atoms with Gasteiger partial charge in [-0.3, -0.25) is 4.79 Å². The molecule has 1 aliphatic carbocycles. The van der Waals surface area contributed by atoms with Crippen molar-refractivity contribution in [3.8, 4) is 22.5 Å². The van der Waals surface area contributed by atoms with Gasteiger partial charge in [0.25, 0.3) is 0 Å². The number of amides is 1. The number of carbonyl (C=O) groups excluding carboxylic acids is 1. The zero-order chi connectivity index (χ0) is 24.2. The van der Waals surface area contributed by atoms with Crippen molar-refractivity contribution in [2.45, 2.75) is 25.8 Å². The molecule has 7 nitrogen and oxygen atoms in total.